The first-order valence-electron chi connectivity index (χ1n) is 6.18. The van der Waals surface area contributed by atoms with Crippen LogP contribution in [0.25, 0.3) is 0 Å². The van der Waals surface area contributed by atoms with Gasteiger partial charge in [0.25, 0.3) is 0 Å². The average Bonchev–Trinajstić information content (AvgIpc) is 2.28. The van der Waals surface area contributed by atoms with Crippen LogP contribution in [0.5, 0.6) is 11.5 Å². The molecular formula is C14H22O2. The van der Waals surface area contributed by atoms with E-state index in [9.17, 15) is 10.2 Å². The van der Waals surface area contributed by atoms with Gasteiger partial charge < -0.3 is 10.2 Å². The lowest BCUT2D eigenvalue weighted by molar-refractivity contribution is 0.404. The highest BCUT2D eigenvalue weighted by atomic mass is 16.3. The van der Waals surface area contributed by atoms with Crippen LogP contribution in [0.4, 0.5) is 0 Å². The van der Waals surface area contributed by atoms with Crippen LogP contribution < -0.4 is 0 Å². The van der Waals surface area contributed by atoms with E-state index in [0.717, 1.165) is 12.8 Å². The van der Waals surface area contributed by atoms with E-state index in [4.69, 9.17) is 0 Å². The summed E-state index contributed by atoms with van der Waals surface area (Å²) >= 11 is 0. The lowest BCUT2D eigenvalue weighted by atomic mass is 9.91. The standard InChI is InChI=1S/C14H22O2/c1-3-5-7-11(4-2)10-12-13(15)8-6-9-14(12)16/h6,8-9,11,15-16H,3-5,7,10H2,1-2H3. The van der Waals surface area contributed by atoms with Crippen LogP contribution in [0.2, 0.25) is 0 Å². The number of benzene rings is 1. The zero-order valence-corrected chi connectivity index (χ0v) is 10.2. The average molecular weight is 222 g/mol. The quantitative estimate of drug-likeness (QED) is 0.767. The minimum absolute atomic E-state index is 0.218. The molecule has 0 saturated heterocycles. The van der Waals surface area contributed by atoms with Gasteiger partial charge in [0.2, 0.25) is 0 Å². The van der Waals surface area contributed by atoms with Crippen molar-refractivity contribution in [1.29, 1.82) is 0 Å². The Bertz CT molecular complexity index is 300. The van der Waals surface area contributed by atoms with Crippen molar-refractivity contribution < 1.29 is 10.2 Å². The molecule has 0 spiro atoms. The fourth-order valence-corrected chi connectivity index (χ4v) is 2.00. The maximum absolute atomic E-state index is 9.70. The lowest BCUT2D eigenvalue weighted by Gasteiger charge is -2.16. The molecule has 0 saturated carbocycles. The van der Waals surface area contributed by atoms with Gasteiger partial charge in [0.1, 0.15) is 11.5 Å². The smallest absolute Gasteiger partial charge is 0.122 e. The van der Waals surface area contributed by atoms with Crippen LogP contribution in [-0.4, -0.2) is 10.2 Å². The largest absolute Gasteiger partial charge is 0.508 e. The van der Waals surface area contributed by atoms with E-state index in [1.165, 1.54) is 19.3 Å². The van der Waals surface area contributed by atoms with Crippen LogP contribution in [0.3, 0.4) is 0 Å². The van der Waals surface area contributed by atoms with E-state index in [2.05, 4.69) is 13.8 Å². The molecular weight excluding hydrogens is 200 g/mol. The topological polar surface area (TPSA) is 40.5 Å². The predicted octanol–water partition coefficient (Wildman–Crippen LogP) is 3.86. The van der Waals surface area contributed by atoms with Crippen molar-refractivity contribution in [3.05, 3.63) is 23.8 Å². The molecule has 1 unspecified atom stereocenters. The first kappa shape index (κ1) is 12.9. The molecule has 16 heavy (non-hydrogen) atoms. The molecule has 0 aliphatic carbocycles. The summed E-state index contributed by atoms with van der Waals surface area (Å²) < 4.78 is 0. The number of hydrogen-bond donors (Lipinski definition) is 2. The van der Waals surface area contributed by atoms with E-state index >= 15 is 0 Å². The molecule has 0 aromatic heterocycles. The zero-order valence-electron chi connectivity index (χ0n) is 10.2. The summed E-state index contributed by atoms with van der Waals surface area (Å²) in [5.74, 6) is 0.990. The Morgan fingerprint density at radius 3 is 2.25 bits per heavy atom. The number of phenolic OH excluding ortho intramolecular Hbond substituents is 2. The highest BCUT2D eigenvalue weighted by Crippen LogP contribution is 2.31. The predicted molar refractivity (Wildman–Crippen MR) is 66.8 cm³/mol. The number of aromatic hydroxyl groups is 2. The molecule has 0 aliphatic heterocycles. The normalized spacial score (nSPS) is 12.6. The third kappa shape index (κ3) is 3.44. The molecule has 0 fully saturated rings. The fourth-order valence-electron chi connectivity index (χ4n) is 2.00. The Balaban J connectivity index is 2.69. The van der Waals surface area contributed by atoms with Crippen molar-refractivity contribution in [3.63, 3.8) is 0 Å². The van der Waals surface area contributed by atoms with E-state index in [1.54, 1.807) is 18.2 Å². The first-order chi connectivity index (χ1) is 7.69. The monoisotopic (exact) mass is 222 g/mol. The van der Waals surface area contributed by atoms with Crippen LogP contribution in [0, 0.1) is 5.92 Å². The van der Waals surface area contributed by atoms with E-state index < -0.39 is 0 Å². The zero-order chi connectivity index (χ0) is 12.0. The van der Waals surface area contributed by atoms with Gasteiger partial charge in [-0.3, -0.25) is 0 Å². The van der Waals surface area contributed by atoms with Crippen LogP contribution >= 0.6 is 0 Å². The summed E-state index contributed by atoms with van der Waals surface area (Å²) in [6.07, 6.45) is 5.44. The third-order valence-corrected chi connectivity index (χ3v) is 3.16. The molecule has 1 aromatic rings. The Morgan fingerprint density at radius 2 is 1.75 bits per heavy atom. The van der Waals surface area contributed by atoms with Gasteiger partial charge in [0.15, 0.2) is 0 Å². The van der Waals surface area contributed by atoms with Gasteiger partial charge in [-0.1, -0.05) is 45.6 Å². The molecule has 2 nitrogen and oxygen atoms in total. The van der Waals surface area contributed by atoms with Crippen LogP contribution in [0.15, 0.2) is 18.2 Å². The lowest BCUT2D eigenvalue weighted by Crippen LogP contribution is -2.03. The van der Waals surface area contributed by atoms with E-state index in [0.29, 0.717) is 11.5 Å². The summed E-state index contributed by atoms with van der Waals surface area (Å²) in [5.41, 5.74) is 0.699. The molecule has 90 valence electrons. The summed E-state index contributed by atoms with van der Waals surface area (Å²) in [5, 5.41) is 19.4. The molecule has 0 bridgehead atoms. The second kappa shape index (κ2) is 6.41. The second-order valence-electron chi connectivity index (χ2n) is 4.40. The van der Waals surface area contributed by atoms with Gasteiger partial charge in [0, 0.05) is 5.56 Å². The van der Waals surface area contributed by atoms with Crippen LogP contribution in [0.1, 0.15) is 45.1 Å². The molecule has 1 rings (SSSR count). The molecule has 0 amide bonds. The Labute approximate surface area is 97.9 Å². The maximum Gasteiger partial charge on any atom is 0.122 e. The maximum atomic E-state index is 9.70. The summed E-state index contributed by atoms with van der Waals surface area (Å²) in [6.45, 7) is 4.35. The Morgan fingerprint density at radius 1 is 1.12 bits per heavy atom. The summed E-state index contributed by atoms with van der Waals surface area (Å²) in [7, 11) is 0. The molecule has 2 heteroatoms. The number of unbranched alkanes of at least 4 members (excludes halogenated alkanes) is 1. The molecule has 0 radical (unpaired) electrons. The van der Waals surface area contributed by atoms with Gasteiger partial charge in [0.05, 0.1) is 0 Å². The molecule has 0 aliphatic rings. The van der Waals surface area contributed by atoms with Gasteiger partial charge in [-0.15, -0.1) is 0 Å². The fraction of sp³-hybridized carbons (Fsp3) is 0.571. The van der Waals surface area contributed by atoms with Gasteiger partial charge in [-0.2, -0.15) is 0 Å². The number of hydrogen-bond acceptors (Lipinski definition) is 2. The molecule has 1 atom stereocenters. The second-order valence-corrected chi connectivity index (χ2v) is 4.40. The van der Waals surface area contributed by atoms with Crippen molar-refractivity contribution in [2.75, 3.05) is 0 Å². The first-order valence-corrected chi connectivity index (χ1v) is 6.18. The molecule has 2 N–H and O–H groups in total. The summed E-state index contributed by atoms with van der Waals surface area (Å²) in [4.78, 5) is 0. The Hall–Kier alpha value is -1.18. The minimum atomic E-state index is 0.218. The van der Waals surface area contributed by atoms with Crippen molar-refractivity contribution in [1.82, 2.24) is 0 Å². The molecule has 0 heterocycles. The highest BCUT2D eigenvalue weighted by Gasteiger charge is 2.13. The van der Waals surface area contributed by atoms with E-state index in [-0.39, 0.29) is 11.5 Å². The SMILES string of the molecule is CCCCC(CC)Cc1c(O)cccc1O. The van der Waals surface area contributed by atoms with Crippen molar-refractivity contribution in [2.24, 2.45) is 5.92 Å². The van der Waals surface area contributed by atoms with Crippen molar-refractivity contribution >= 4 is 0 Å². The van der Waals surface area contributed by atoms with Crippen molar-refractivity contribution in [2.45, 2.75) is 46.0 Å². The summed E-state index contributed by atoms with van der Waals surface area (Å²) in [6, 6.07) is 4.95. The third-order valence-electron chi connectivity index (χ3n) is 3.16. The highest BCUT2D eigenvalue weighted by molar-refractivity contribution is 5.43. The van der Waals surface area contributed by atoms with Gasteiger partial charge in [-0.05, 0) is 24.5 Å². The number of rotatable bonds is 6. The van der Waals surface area contributed by atoms with Gasteiger partial charge >= 0.3 is 0 Å². The number of phenols is 2. The minimum Gasteiger partial charge on any atom is -0.508 e. The Kier molecular flexibility index (Phi) is 5.17. The van der Waals surface area contributed by atoms with Crippen LogP contribution in [-0.2, 0) is 6.42 Å². The van der Waals surface area contributed by atoms with Gasteiger partial charge in [-0.25, -0.2) is 0 Å². The van der Waals surface area contributed by atoms with Crippen molar-refractivity contribution in [3.8, 4) is 11.5 Å². The van der Waals surface area contributed by atoms with E-state index in [1.807, 2.05) is 0 Å². The molecule has 1 aromatic carbocycles.